The summed E-state index contributed by atoms with van der Waals surface area (Å²) in [5, 5.41) is 2.97. The van der Waals surface area contributed by atoms with Crippen molar-refractivity contribution in [3.8, 4) is 11.3 Å². The fourth-order valence-corrected chi connectivity index (χ4v) is 3.62. The largest absolute Gasteiger partial charge is 0.461 e. The third-order valence-electron chi connectivity index (χ3n) is 5.23. The molecule has 0 bridgehead atoms. The molecule has 29 heavy (non-hydrogen) atoms. The number of hydrogen-bond acceptors (Lipinski definition) is 3. The third-order valence-corrected chi connectivity index (χ3v) is 5.23. The minimum absolute atomic E-state index is 0.0122. The first-order valence-corrected chi connectivity index (χ1v) is 9.90. The summed E-state index contributed by atoms with van der Waals surface area (Å²) >= 11 is 0. The van der Waals surface area contributed by atoms with Gasteiger partial charge in [-0.3, -0.25) is 9.59 Å². The molecule has 0 aliphatic carbocycles. The molecule has 1 aliphatic rings. The normalized spacial score (nSPS) is 13.1. The van der Waals surface area contributed by atoms with Gasteiger partial charge in [-0.25, -0.2) is 0 Å². The first-order chi connectivity index (χ1) is 14.1. The molecule has 0 spiro atoms. The topological polar surface area (TPSA) is 62.6 Å². The second-order valence-electron chi connectivity index (χ2n) is 7.36. The van der Waals surface area contributed by atoms with Crippen LogP contribution in [0.15, 0.2) is 65.1 Å². The maximum Gasteiger partial charge on any atom is 0.224 e. The van der Waals surface area contributed by atoms with Crippen molar-refractivity contribution in [2.75, 3.05) is 11.9 Å². The number of amides is 2. The van der Waals surface area contributed by atoms with E-state index in [2.05, 4.69) is 5.32 Å². The van der Waals surface area contributed by atoms with E-state index in [9.17, 15) is 9.59 Å². The molecule has 0 fully saturated rings. The molecule has 4 rings (SSSR count). The lowest BCUT2D eigenvalue weighted by atomic mass is 10.1. The molecule has 2 amide bonds. The smallest absolute Gasteiger partial charge is 0.224 e. The van der Waals surface area contributed by atoms with Crippen LogP contribution in [0, 0.1) is 0 Å². The van der Waals surface area contributed by atoms with Crippen LogP contribution in [-0.4, -0.2) is 23.3 Å². The van der Waals surface area contributed by atoms with Crippen molar-refractivity contribution in [2.45, 2.75) is 32.7 Å². The summed E-state index contributed by atoms with van der Waals surface area (Å²) in [6.45, 7) is 2.87. The first-order valence-electron chi connectivity index (χ1n) is 9.90. The number of nitrogens with one attached hydrogen (secondary N) is 1. The number of aryl methyl sites for hydroxylation is 1. The molecule has 5 nitrogen and oxygen atoms in total. The van der Waals surface area contributed by atoms with Crippen LogP contribution in [0.4, 0.5) is 5.69 Å². The van der Waals surface area contributed by atoms with Gasteiger partial charge < -0.3 is 14.6 Å². The average molecular weight is 388 g/mol. The molecule has 0 radical (unpaired) electrons. The molecule has 2 heterocycles. The van der Waals surface area contributed by atoms with E-state index in [0.717, 1.165) is 40.3 Å². The highest BCUT2D eigenvalue weighted by Gasteiger charge is 2.22. The van der Waals surface area contributed by atoms with Crippen LogP contribution < -0.4 is 5.32 Å². The van der Waals surface area contributed by atoms with Crippen molar-refractivity contribution in [3.05, 3.63) is 77.6 Å². The minimum atomic E-state index is -0.0122. The predicted molar refractivity (Wildman–Crippen MR) is 112 cm³/mol. The van der Waals surface area contributed by atoms with E-state index >= 15 is 0 Å². The highest BCUT2D eigenvalue weighted by atomic mass is 16.3. The standard InChI is InChI=1S/C24H24N2O3/c1-17(27)26-13-12-22-20(16-26)15-23(29-22)19-8-5-9-21(14-19)25-24(28)11-10-18-6-3-2-4-7-18/h2-9,14-15H,10-13,16H2,1H3,(H,25,28). The first kappa shape index (κ1) is 19.0. The number of carbonyl (C=O) groups is 2. The molecule has 2 aromatic carbocycles. The minimum Gasteiger partial charge on any atom is -0.461 e. The van der Waals surface area contributed by atoms with E-state index in [1.165, 1.54) is 0 Å². The molecule has 0 saturated heterocycles. The summed E-state index contributed by atoms with van der Waals surface area (Å²) in [6.07, 6.45) is 1.87. The van der Waals surface area contributed by atoms with Crippen LogP contribution in [0.1, 0.15) is 30.2 Å². The SMILES string of the molecule is CC(=O)N1CCc2oc(-c3cccc(NC(=O)CCc4ccccc4)c3)cc2C1. The van der Waals surface area contributed by atoms with Crippen LogP contribution in [0.25, 0.3) is 11.3 Å². The molecule has 0 unspecified atom stereocenters. The molecule has 1 aromatic heterocycles. The van der Waals surface area contributed by atoms with Gasteiger partial charge in [0.05, 0.1) is 0 Å². The Balaban J connectivity index is 1.43. The number of benzene rings is 2. The van der Waals surface area contributed by atoms with Gasteiger partial charge in [0.2, 0.25) is 11.8 Å². The molecule has 0 atom stereocenters. The van der Waals surface area contributed by atoms with Crippen molar-refractivity contribution < 1.29 is 14.0 Å². The Labute approximate surface area is 170 Å². The Kier molecular flexibility index (Phi) is 5.47. The zero-order valence-electron chi connectivity index (χ0n) is 16.5. The van der Waals surface area contributed by atoms with E-state index in [0.29, 0.717) is 25.9 Å². The van der Waals surface area contributed by atoms with Crippen molar-refractivity contribution in [1.29, 1.82) is 0 Å². The quantitative estimate of drug-likeness (QED) is 0.704. The van der Waals surface area contributed by atoms with Crippen LogP contribution in [0.5, 0.6) is 0 Å². The fourth-order valence-electron chi connectivity index (χ4n) is 3.62. The number of nitrogens with zero attached hydrogens (tertiary/aromatic N) is 1. The van der Waals surface area contributed by atoms with E-state index < -0.39 is 0 Å². The number of carbonyl (C=O) groups excluding carboxylic acids is 2. The van der Waals surface area contributed by atoms with Gasteiger partial charge in [0.15, 0.2) is 0 Å². The molecule has 1 aliphatic heterocycles. The summed E-state index contributed by atoms with van der Waals surface area (Å²) in [7, 11) is 0. The summed E-state index contributed by atoms with van der Waals surface area (Å²) in [4.78, 5) is 25.8. The van der Waals surface area contributed by atoms with E-state index in [1.54, 1.807) is 6.92 Å². The Morgan fingerprint density at radius 2 is 1.90 bits per heavy atom. The van der Waals surface area contributed by atoms with Gasteiger partial charge in [-0.05, 0) is 30.2 Å². The predicted octanol–water partition coefficient (Wildman–Crippen LogP) is 4.42. The van der Waals surface area contributed by atoms with E-state index in [-0.39, 0.29) is 11.8 Å². The average Bonchev–Trinajstić information content (AvgIpc) is 3.17. The molecule has 3 aromatic rings. The van der Waals surface area contributed by atoms with E-state index in [1.807, 2.05) is 65.6 Å². The zero-order valence-corrected chi connectivity index (χ0v) is 16.5. The molecule has 0 saturated carbocycles. The van der Waals surface area contributed by atoms with Gasteiger partial charge in [0.25, 0.3) is 0 Å². The number of hydrogen-bond donors (Lipinski definition) is 1. The number of anilines is 1. The van der Waals surface area contributed by atoms with Crippen molar-refractivity contribution in [3.63, 3.8) is 0 Å². The number of furan rings is 1. The van der Waals surface area contributed by atoms with Crippen LogP contribution in [0.2, 0.25) is 0 Å². The third kappa shape index (κ3) is 4.57. The molecular weight excluding hydrogens is 364 g/mol. The molecule has 1 N–H and O–H groups in total. The Morgan fingerprint density at radius 1 is 1.07 bits per heavy atom. The Morgan fingerprint density at radius 3 is 2.69 bits per heavy atom. The maximum atomic E-state index is 12.3. The van der Waals surface area contributed by atoms with Gasteiger partial charge in [-0.15, -0.1) is 0 Å². The van der Waals surface area contributed by atoms with Gasteiger partial charge >= 0.3 is 0 Å². The summed E-state index contributed by atoms with van der Waals surface area (Å²) in [5.41, 5.74) is 3.87. The lowest BCUT2D eigenvalue weighted by molar-refractivity contribution is -0.129. The van der Waals surface area contributed by atoms with Crippen molar-refractivity contribution >= 4 is 17.5 Å². The van der Waals surface area contributed by atoms with Gasteiger partial charge in [-0.1, -0.05) is 42.5 Å². The lowest BCUT2D eigenvalue weighted by Crippen LogP contribution is -2.33. The maximum absolute atomic E-state index is 12.3. The van der Waals surface area contributed by atoms with Crippen molar-refractivity contribution in [1.82, 2.24) is 4.90 Å². The highest BCUT2D eigenvalue weighted by molar-refractivity contribution is 5.91. The van der Waals surface area contributed by atoms with E-state index in [4.69, 9.17) is 4.42 Å². The number of fused-ring (bicyclic) bond motifs is 1. The van der Waals surface area contributed by atoms with Gasteiger partial charge in [-0.2, -0.15) is 0 Å². The zero-order chi connectivity index (χ0) is 20.2. The summed E-state index contributed by atoms with van der Waals surface area (Å²) in [5.74, 6) is 1.77. The Bertz CT molecular complexity index is 1020. The van der Waals surface area contributed by atoms with Crippen LogP contribution in [-0.2, 0) is 29.0 Å². The molecule has 148 valence electrons. The second-order valence-corrected chi connectivity index (χ2v) is 7.36. The highest BCUT2D eigenvalue weighted by Crippen LogP contribution is 2.30. The Hall–Kier alpha value is -3.34. The lowest BCUT2D eigenvalue weighted by Gasteiger charge is -2.24. The van der Waals surface area contributed by atoms with Crippen LogP contribution in [0.3, 0.4) is 0 Å². The van der Waals surface area contributed by atoms with Gasteiger partial charge in [0.1, 0.15) is 11.5 Å². The summed E-state index contributed by atoms with van der Waals surface area (Å²) < 4.78 is 6.03. The monoisotopic (exact) mass is 388 g/mol. The fraction of sp³-hybridized carbons (Fsp3) is 0.250. The molecule has 5 heteroatoms. The van der Waals surface area contributed by atoms with Crippen LogP contribution >= 0.6 is 0 Å². The second kappa shape index (κ2) is 8.35. The number of rotatable bonds is 5. The van der Waals surface area contributed by atoms with Gasteiger partial charge in [0, 0.05) is 49.7 Å². The van der Waals surface area contributed by atoms with Crippen molar-refractivity contribution in [2.24, 2.45) is 0 Å². The molecular formula is C24H24N2O3. The summed E-state index contributed by atoms with van der Waals surface area (Å²) in [6, 6.07) is 19.7.